The van der Waals surface area contributed by atoms with Crippen molar-refractivity contribution >= 4 is 58.0 Å². The Hall–Kier alpha value is -1.01. The Kier molecular flexibility index (Phi) is 7.26. The molecule has 0 spiro atoms. The molecule has 1 N–H and O–H groups in total. The molecule has 1 heterocycles. The van der Waals surface area contributed by atoms with Gasteiger partial charge in [0.05, 0.1) is 6.54 Å². The number of amides is 1. The lowest BCUT2D eigenvalue weighted by Crippen LogP contribution is -2.48. The van der Waals surface area contributed by atoms with Crippen molar-refractivity contribution in [1.82, 2.24) is 9.80 Å². The highest BCUT2D eigenvalue weighted by molar-refractivity contribution is 6.36. The number of carbonyl (C=O) groups excluding carboxylic acids is 1. The first-order chi connectivity index (χ1) is 12.9. The fraction of sp³-hybridized carbons (Fsp3) is 0.316. The smallest absolute Gasteiger partial charge is 0.238 e. The molecule has 27 heavy (non-hydrogen) atoms. The van der Waals surface area contributed by atoms with Crippen molar-refractivity contribution in [2.45, 2.75) is 6.54 Å². The van der Waals surface area contributed by atoms with Crippen LogP contribution < -0.4 is 5.32 Å². The number of rotatable bonds is 5. The van der Waals surface area contributed by atoms with E-state index >= 15 is 0 Å². The molecule has 0 aromatic heterocycles. The van der Waals surface area contributed by atoms with Crippen LogP contribution in [0.3, 0.4) is 0 Å². The molecule has 0 unspecified atom stereocenters. The standard InChI is InChI=1S/C19H19Cl4N3O/c20-13-8-14(21)10-15(9-13)24-19(27)12-26-6-4-25(5-7-26)11-16-17(22)2-1-3-18(16)23/h1-3,8-10H,4-7,11-12H2,(H,24,27). The number of nitrogens with zero attached hydrogens (tertiary/aromatic N) is 2. The predicted molar refractivity (Wildman–Crippen MR) is 113 cm³/mol. The predicted octanol–water partition coefficient (Wildman–Crippen LogP) is 5.06. The van der Waals surface area contributed by atoms with E-state index in [2.05, 4.69) is 15.1 Å². The highest BCUT2D eigenvalue weighted by Crippen LogP contribution is 2.26. The molecule has 0 radical (unpaired) electrons. The third-order valence-corrected chi connectivity index (χ3v) is 5.57. The van der Waals surface area contributed by atoms with Crippen LogP contribution in [0.1, 0.15) is 5.56 Å². The zero-order valence-corrected chi connectivity index (χ0v) is 17.5. The number of halogens is 4. The van der Waals surface area contributed by atoms with Crippen molar-refractivity contribution in [2.24, 2.45) is 0 Å². The molecule has 4 nitrogen and oxygen atoms in total. The summed E-state index contributed by atoms with van der Waals surface area (Å²) in [5, 5.41) is 5.19. The molecule has 2 aromatic rings. The van der Waals surface area contributed by atoms with Gasteiger partial charge in [-0.2, -0.15) is 0 Å². The Morgan fingerprint density at radius 1 is 0.889 bits per heavy atom. The van der Waals surface area contributed by atoms with Crippen LogP contribution in [0, 0.1) is 0 Å². The van der Waals surface area contributed by atoms with Crippen LogP contribution in [0.25, 0.3) is 0 Å². The van der Waals surface area contributed by atoms with Crippen LogP contribution in [-0.2, 0) is 11.3 Å². The number of hydrogen-bond donors (Lipinski definition) is 1. The second-order valence-corrected chi connectivity index (χ2v) is 8.15. The van der Waals surface area contributed by atoms with Crippen molar-refractivity contribution in [3.8, 4) is 0 Å². The summed E-state index contributed by atoms with van der Waals surface area (Å²) in [4.78, 5) is 16.7. The summed E-state index contributed by atoms with van der Waals surface area (Å²) in [6, 6.07) is 10.5. The van der Waals surface area contributed by atoms with Gasteiger partial charge in [-0.1, -0.05) is 52.5 Å². The van der Waals surface area contributed by atoms with Gasteiger partial charge in [-0.15, -0.1) is 0 Å². The maximum absolute atomic E-state index is 12.3. The molecule has 1 fully saturated rings. The van der Waals surface area contributed by atoms with E-state index in [1.165, 1.54) is 0 Å². The van der Waals surface area contributed by atoms with Crippen molar-refractivity contribution in [2.75, 3.05) is 38.0 Å². The average Bonchev–Trinajstić information content (AvgIpc) is 2.59. The van der Waals surface area contributed by atoms with Gasteiger partial charge in [0.25, 0.3) is 0 Å². The lowest BCUT2D eigenvalue weighted by Gasteiger charge is -2.34. The summed E-state index contributed by atoms with van der Waals surface area (Å²) in [5.74, 6) is -0.0871. The number of benzene rings is 2. The second kappa shape index (κ2) is 9.46. The molecule has 1 amide bonds. The molecule has 2 aromatic carbocycles. The number of hydrogen-bond acceptors (Lipinski definition) is 3. The molecule has 3 rings (SSSR count). The average molecular weight is 447 g/mol. The van der Waals surface area contributed by atoms with E-state index in [0.717, 1.165) is 31.7 Å². The van der Waals surface area contributed by atoms with Crippen LogP contribution >= 0.6 is 46.4 Å². The summed E-state index contributed by atoms with van der Waals surface area (Å²) in [6.07, 6.45) is 0. The summed E-state index contributed by atoms with van der Waals surface area (Å²) in [5.41, 5.74) is 1.55. The van der Waals surface area contributed by atoms with Crippen molar-refractivity contribution in [3.63, 3.8) is 0 Å². The van der Waals surface area contributed by atoms with E-state index in [-0.39, 0.29) is 5.91 Å². The Labute approximate surface area is 178 Å². The van der Waals surface area contributed by atoms with Crippen molar-refractivity contribution in [3.05, 3.63) is 62.1 Å². The van der Waals surface area contributed by atoms with Crippen LogP contribution in [0.4, 0.5) is 5.69 Å². The van der Waals surface area contributed by atoms with Gasteiger partial charge in [-0.25, -0.2) is 0 Å². The molecular formula is C19H19Cl4N3O. The SMILES string of the molecule is O=C(CN1CCN(Cc2c(Cl)cccc2Cl)CC1)Nc1cc(Cl)cc(Cl)c1. The summed E-state index contributed by atoms with van der Waals surface area (Å²) < 4.78 is 0. The molecular weight excluding hydrogens is 428 g/mol. The van der Waals surface area contributed by atoms with E-state index in [0.29, 0.717) is 38.9 Å². The summed E-state index contributed by atoms with van der Waals surface area (Å²) in [6.45, 7) is 4.32. The molecule has 1 saturated heterocycles. The zero-order valence-electron chi connectivity index (χ0n) is 14.5. The molecule has 0 saturated carbocycles. The first kappa shape index (κ1) is 20.7. The van der Waals surface area contributed by atoms with Crippen LogP contribution in [0.2, 0.25) is 20.1 Å². The van der Waals surface area contributed by atoms with Gasteiger partial charge in [0.2, 0.25) is 5.91 Å². The molecule has 0 aliphatic carbocycles. The maximum atomic E-state index is 12.3. The number of carbonyl (C=O) groups is 1. The maximum Gasteiger partial charge on any atom is 0.238 e. The van der Waals surface area contributed by atoms with E-state index in [1.54, 1.807) is 18.2 Å². The third kappa shape index (κ3) is 5.98. The summed E-state index contributed by atoms with van der Waals surface area (Å²) in [7, 11) is 0. The Balaban J connectivity index is 1.48. The molecule has 8 heteroatoms. The number of piperazine rings is 1. The van der Waals surface area contributed by atoms with Crippen molar-refractivity contribution in [1.29, 1.82) is 0 Å². The summed E-state index contributed by atoms with van der Waals surface area (Å²) >= 11 is 24.4. The minimum atomic E-state index is -0.0871. The minimum Gasteiger partial charge on any atom is -0.325 e. The molecule has 144 valence electrons. The number of anilines is 1. The molecule has 0 bridgehead atoms. The van der Waals surface area contributed by atoms with E-state index in [9.17, 15) is 4.79 Å². The largest absolute Gasteiger partial charge is 0.325 e. The monoisotopic (exact) mass is 445 g/mol. The fourth-order valence-electron chi connectivity index (χ4n) is 3.04. The fourth-order valence-corrected chi connectivity index (χ4v) is 4.09. The number of nitrogens with one attached hydrogen (secondary N) is 1. The zero-order chi connectivity index (χ0) is 19.4. The third-order valence-electron chi connectivity index (χ3n) is 4.42. The second-order valence-electron chi connectivity index (χ2n) is 6.46. The first-order valence-corrected chi connectivity index (χ1v) is 10.1. The van der Waals surface area contributed by atoms with Gasteiger partial charge in [0.1, 0.15) is 0 Å². The van der Waals surface area contributed by atoms with E-state index < -0.39 is 0 Å². The Morgan fingerprint density at radius 3 is 2.04 bits per heavy atom. The van der Waals surface area contributed by atoms with Crippen LogP contribution in [0.5, 0.6) is 0 Å². The van der Waals surface area contributed by atoms with Gasteiger partial charge in [0, 0.05) is 64.1 Å². The van der Waals surface area contributed by atoms with E-state index in [4.69, 9.17) is 46.4 Å². The highest BCUT2D eigenvalue weighted by atomic mass is 35.5. The Bertz CT molecular complexity index is 782. The van der Waals surface area contributed by atoms with Gasteiger partial charge < -0.3 is 5.32 Å². The van der Waals surface area contributed by atoms with Gasteiger partial charge in [-0.3, -0.25) is 14.6 Å². The highest BCUT2D eigenvalue weighted by Gasteiger charge is 2.20. The van der Waals surface area contributed by atoms with Gasteiger partial charge in [0.15, 0.2) is 0 Å². The van der Waals surface area contributed by atoms with Crippen LogP contribution in [0.15, 0.2) is 36.4 Å². The van der Waals surface area contributed by atoms with Gasteiger partial charge >= 0.3 is 0 Å². The molecule has 0 atom stereocenters. The first-order valence-electron chi connectivity index (χ1n) is 8.54. The van der Waals surface area contributed by atoms with Crippen molar-refractivity contribution < 1.29 is 4.79 Å². The lowest BCUT2D eigenvalue weighted by atomic mass is 10.2. The molecule has 1 aliphatic rings. The normalized spacial score (nSPS) is 15.7. The minimum absolute atomic E-state index is 0.0871. The lowest BCUT2D eigenvalue weighted by molar-refractivity contribution is -0.117. The van der Waals surface area contributed by atoms with Crippen LogP contribution in [-0.4, -0.2) is 48.4 Å². The van der Waals surface area contributed by atoms with E-state index in [1.807, 2.05) is 18.2 Å². The quantitative estimate of drug-likeness (QED) is 0.697. The molecule has 1 aliphatic heterocycles. The Morgan fingerprint density at radius 2 is 1.44 bits per heavy atom. The topological polar surface area (TPSA) is 35.6 Å². The van der Waals surface area contributed by atoms with Gasteiger partial charge in [-0.05, 0) is 30.3 Å².